The number of nitrogens with one attached hydrogen (secondary N) is 1. The van der Waals surface area contributed by atoms with Gasteiger partial charge in [-0.1, -0.05) is 13.0 Å². The van der Waals surface area contributed by atoms with Crippen LogP contribution in [-0.4, -0.2) is 13.2 Å². The second-order valence-corrected chi connectivity index (χ2v) is 4.82. The Morgan fingerprint density at radius 1 is 1.40 bits per heavy atom. The van der Waals surface area contributed by atoms with E-state index in [1.165, 1.54) is 6.07 Å². The maximum absolute atomic E-state index is 14.0. The average molecular weight is 278 g/mol. The summed E-state index contributed by atoms with van der Waals surface area (Å²) >= 11 is 0. The van der Waals surface area contributed by atoms with E-state index in [9.17, 15) is 4.39 Å². The first kappa shape index (κ1) is 16.5. The molecule has 1 N–H and O–H groups in total. The van der Waals surface area contributed by atoms with Crippen LogP contribution in [0.4, 0.5) is 4.39 Å². The molecule has 0 fully saturated rings. The normalized spacial score (nSPS) is 11.9. The molecule has 3 nitrogen and oxygen atoms in total. The summed E-state index contributed by atoms with van der Waals surface area (Å²) in [6, 6.07) is 7.09. The van der Waals surface area contributed by atoms with Crippen molar-refractivity contribution >= 4 is 0 Å². The SMILES string of the molecule is CCCNC(C)c1ccc(OCCCCC#N)cc1F. The van der Waals surface area contributed by atoms with Gasteiger partial charge in [0.2, 0.25) is 0 Å². The number of hydrogen-bond acceptors (Lipinski definition) is 3. The van der Waals surface area contributed by atoms with Gasteiger partial charge in [0.1, 0.15) is 11.6 Å². The van der Waals surface area contributed by atoms with Crippen LogP contribution in [0.3, 0.4) is 0 Å². The highest BCUT2D eigenvalue weighted by atomic mass is 19.1. The summed E-state index contributed by atoms with van der Waals surface area (Å²) in [5.41, 5.74) is 0.662. The number of nitriles is 1. The van der Waals surface area contributed by atoms with Crippen molar-refractivity contribution in [1.29, 1.82) is 5.26 Å². The molecular formula is C16H23FN2O. The Morgan fingerprint density at radius 2 is 2.20 bits per heavy atom. The van der Waals surface area contributed by atoms with Crippen molar-refractivity contribution in [3.63, 3.8) is 0 Å². The zero-order valence-corrected chi connectivity index (χ0v) is 12.3. The summed E-state index contributed by atoms with van der Waals surface area (Å²) in [5, 5.41) is 11.7. The molecule has 0 aliphatic rings. The van der Waals surface area contributed by atoms with Gasteiger partial charge in [0.05, 0.1) is 12.7 Å². The molecule has 0 aliphatic heterocycles. The summed E-state index contributed by atoms with van der Waals surface area (Å²) in [6.07, 6.45) is 3.19. The number of hydrogen-bond donors (Lipinski definition) is 1. The van der Waals surface area contributed by atoms with E-state index in [-0.39, 0.29) is 11.9 Å². The van der Waals surface area contributed by atoms with Gasteiger partial charge in [-0.15, -0.1) is 0 Å². The number of ether oxygens (including phenoxy) is 1. The molecule has 20 heavy (non-hydrogen) atoms. The van der Waals surface area contributed by atoms with Gasteiger partial charge in [0, 0.05) is 24.1 Å². The molecule has 0 bridgehead atoms. The molecule has 110 valence electrons. The maximum atomic E-state index is 14.0. The highest BCUT2D eigenvalue weighted by Gasteiger charge is 2.11. The number of unbranched alkanes of at least 4 members (excludes halogenated alkanes) is 2. The minimum absolute atomic E-state index is 0.000344. The van der Waals surface area contributed by atoms with E-state index in [0.717, 1.165) is 25.8 Å². The summed E-state index contributed by atoms with van der Waals surface area (Å²) in [5.74, 6) is 0.307. The third-order valence-electron chi connectivity index (χ3n) is 3.09. The highest BCUT2D eigenvalue weighted by molar-refractivity contribution is 5.30. The third kappa shape index (κ3) is 5.58. The Bertz CT molecular complexity index is 443. The first-order valence-corrected chi connectivity index (χ1v) is 7.21. The van der Waals surface area contributed by atoms with E-state index >= 15 is 0 Å². The van der Waals surface area contributed by atoms with Crippen LogP contribution < -0.4 is 10.1 Å². The molecule has 0 spiro atoms. The fourth-order valence-corrected chi connectivity index (χ4v) is 1.92. The Balaban J connectivity index is 2.48. The Hall–Kier alpha value is -1.60. The minimum atomic E-state index is -0.240. The predicted molar refractivity (Wildman–Crippen MR) is 78.1 cm³/mol. The van der Waals surface area contributed by atoms with Crippen molar-refractivity contribution in [3.8, 4) is 11.8 Å². The molecule has 1 unspecified atom stereocenters. The quantitative estimate of drug-likeness (QED) is 0.695. The van der Waals surface area contributed by atoms with Crippen LogP contribution in [0, 0.1) is 17.1 Å². The van der Waals surface area contributed by atoms with E-state index in [1.807, 2.05) is 6.92 Å². The minimum Gasteiger partial charge on any atom is -0.493 e. The van der Waals surface area contributed by atoms with E-state index < -0.39 is 0 Å². The molecule has 4 heteroatoms. The van der Waals surface area contributed by atoms with Crippen LogP contribution in [0.25, 0.3) is 0 Å². The van der Waals surface area contributed by atoms with E-state index in [2.05, 4.69) is 18.3 Å². The summed E-state index contributed by atoms with van der Waals surface area (Å²) in [7, 11) is 0. The van der Waals surface area contributed by atoms with Crippen molar-refractivity contribution in [2.45, 2.75) is 45.6 Å². The predicted octanol–water partition coefficient (Wildman–Crippen LogP) is 3.96. The second kappa shape index (κ2) is 9.33. The topological polar surface area (TPSA) is 45.0 Å². The van der Waals surface area contributed by atoms with Crippen LogP contribution in [-0.2, 0) is 0 Å². The van der Waals surface area contributed by atoms with Crippen molar-refractivity contribution in [3.05, 3.63) is 29.6 Å². The Labute approximate surface area is 120 Å². The lowest BCUT2D eigenvalue weighted by Crippen LogP contribution is -2.20. The lowest BCUT2D eigenvalue weighted by atomic mass is 10.1. The molecule has 0 radical (unpaired) electrons. The fourth-order valence-electron chi connectivity index (χ4n) is 1.92. The molecular weight excluding hydrogens is 255 g/mol. The highest BCUT2D eigenvalue weighted by Crippen LogP contribution is 2.22. The monoisotopic (exact) mass is 278 g/mol. The van der Waals surface area contributed by atoms with Crippen molar-refractivity contribution in [1.82, 2.24) is 5.32 Å². The van der Waals surface area contributed by atoms with Gasteiger partial charge >= 0.3 is 0 Å². The lowest BCUT2D eigenvalue weighted by Gasteiger charge is -2.15. The molecule has 1 rings (SSSR count). The molecule has 0 saturated carbocycles. The summed E-state index contributed by atoms with van der Waals surface area (Å²) in [6.45, 7) is 5.43. The van der Waals surface area contributed by atoms with Gasteiger partial charge in [-0.3, -0.25) is 0 Å². The van der Waals surface area contributed by atoms with Crippen LogP contribution in [0.5, 0.6) is 5.75 Å². The molecule has 1 aromatic rings. The van der Waals surface area contributed by atoms with Gasteiger partial charge in [0.25, 0.3) is 0 Å². The molecule has 1 atom stereocenters. The second-order valence-electron chi connectivity index (χ2n) is 4.82. The van der Waals surface area contributed by atoms with Crippen molar-refractivity contribution in [2.75, 3.05) is 13.2 Å². The van der Waals surface area contributed by atoms with Gasteiger partial charge in [-0.25, -0.2) is 4.39 Å². The third-order valence-corrected chi connectivity index (χ3v) is 3.09. The van der Waals surface area contributed by atoms with Crippen LogP contribution in [0.2, 0.25) is 0 Å². The van der Waals surface area contributed by atoms with Gasteiger partial charge in [-0.05, 0) is 38.8 Å². The molecule has 0 saturated heterocycles. The number of benzene rings is 1. The first-order chi connectivity index (χ1) is 9.69. The van der Waals surface area contributed by atoms with Gasteiger partial charge < -0.3 is 10.1 Å². The zero-order valence-electron chi connectivity index (χ0n) is 12.3. The van der Waals surface area contributed by atoms with E-state index in [1.54, 1.807) is 12.1 Å². The summed E-state index contributed by atoms with van der Waals surface area (Å²) in [4.78, 5) is 0. The largest absolute Gasteiger partial charge is 0.493 e. The molecule has 0 aromatic heterocycles. The molecule has 0 heterocycles. The van der Waals surface area contributed by atoms with Gasteiger partial charge in [0.15, 0.2) is 0 Å². The molecule has 0 aliphatic carbocycles. The van der Waals surface area contributed by atoms with Crippen molar-refractivity contribution < 1.29 is 9.13 Å². The van der Waals surface area contributed by atoms with E-state index in [4.69, 9.17) is 10.00 Å². The standard InChI is InChI=1S/C16H23FN2O/c1-3-10-19-13(2)15-8-7-14(12-16(15)17)20-11-6-4-5-9-18/h7-8,12-13,19H,3-6,10-11H2,1-2H3. The number of halogens is 1. The number of nitrogens with zero attached hydrogens (tertiary/aromatic N) is 1. The lowest BCUT2D eigenvalue weighted by molar-refractivity contribution is 0.305. The Kier molecular flexibility index (Phi) is 7.67. The maximum Gasteiger partial charge on any atom is 0.131 e. The van der Waals surface area contributed by atoms with Crippen molar-refractivity contribution in [2.24, 2.45) is 0 Å². The summed E-state index contributed by atoms with van der Waals surface area (Å²) < 4.78 is 19.5. The fraction of sp³-hybridized carbons (Fsp3) is 0.562. The van der Waals surface area contributed by atoms with Crippen LogP contribution in [0.1, 0.15) is 51.1 Å². The van der Waals surface area contributed by atoms with Gasteiger partial charge in [-0.2, -0.15) is 5.26 Å². The Morgan fingerprint density at radius 3 is 2.85 bits per heavy atom. The van der Waals surface area contributed by atoms with Crippen LogP contribution in [0.15, 0.2) is 18.2 Å². The number of rotatable bonds is 9. The zero-order chi connectivity index (χ0) is 14.8. The van der Waals surface area contributed by atoms with Crippen LogP contribution >= 0.6 is 0 Å². The first-order valence-electron chi connectivity index (χ1n) is 7.21. The molecule has 0 amide bonds. The molecule has 1 aromatic carbocycles. The average Bonchev–Trinajstić information content (AvgIpc) is 2.44. The van der Waals surface area contributed by atoms with E-state index in [0.29, 0.717) is 24.3 Å². The smallest absolute Gasteiger partial charge is 0.131 e.